The molecule has 1 heterocycles. The number of nitrogens with zero attached hydrogens (tertiary/aromatic N) is 1. The van der Waals surface area contributed by atoms with E-state index in [-0.39, 0.29) is 24.0 Å². The number of guanidine groups is 1. The van der Waals surface area contributed by atoms with Crippen molar-refractivity contribution in [2.45, 2.75) is 57.2 Å². The summed E-state index contributed by atoms with van der Waals surface area (Å²) < 4.78 is 12.2. The smallest absolute Gasteiger partial charge is 0.191 e. The molecular weight excluding hydrogens is 483 g/mol. The van der Waals surface area contributed by atoms with E-state index < -0.39 is 10.8 Å². The molecule has 156 valence electrons. The molecule has 0 spiro atoms. The van der Waals surface area contributed by atoms with E-state index in [1.165, 1.54) is 16.6 Å². The van der Waals surface area contributed by atoms with Crippen LogP contribution in [0.4, 0.5) is 0 Å². The lowest BCUT2D eigenvalue weighted by Crippen LogP contribution is -2.46. The summed E-state index contributed by atoms with van der Waals surface area (Å²) in [6.45, 7) is 5.68. The summed E-state index contributed by atoms with van der Waals surface area (Å²) in [6, 6.07) is 10.9. The first kappa shape index (κ1) is 23.2. The third kappa shape index (κ3) is 6.47. The Morgan fingerprint density at radius 3 is 2.86 bits per heavy atom. The maximum Gasteiger partial charge on any atom is 0.191 e. The van der Waals surface area contributed by atoms with Crippen LogP contribution >= 0.6 is 24.0 Å². The van der Waals surface area contributed by atoms with Crippen molar-refractivity contribution in [3.63, 3.8) is 0 Å². The molecular formula is C21H33IN4OS. The van der Waals surface area contributed by atoms with Crippen LogP contribution in [0.5, 0.6) is 0 Å². The fraction of sp³-hybridized carbons (Fsp3) is 0.571. The van der Waals surface area contributed by atoms with Crippen molar-refractivity contribution in [1.29, 1.82) is 0 Å². The van der Waals surface area contributed by atoms with Gasteiger partial charge in [0.05, 0.1) is 0 Å². The molecule has 1 aliphatic rings. The second-order valence-electron chi connectivity index (χ2n) is 7.19. The predicted molar refractivity (Wildman–Crippen MR) is 131 cm³/mol. The molecule has 1 aliphatic carbocycles. The normalized spacial score (nSPS) is 21.1. The van der Waals surface area contributed by atoms with Gasteiger partial charge in [-0.05, 0) is 43.7 Å². The fourth-order valence-electron chi connectivity index (χ4n) is 3.82. The van der Waals surface area contributed by atoms with Gasteiger partial charge in [-0.2, -0.15) is 0 Å². The van der Waals surface area contributed by atoms with Crippen molar-refractivity contribution in [2.75, 3.05) is 18.8 Å². The monoisotopic (exact) mass is 516 g/mol. The molecule has 0 aliphatic heterocycles. The number of fused-ring (bicyclic) bond motifs is 1. The third-order valence-electron chi connectivity index (χ3n) is 5.20. The van der Waals surface area contributed by atoms with Crippen molar-refractivity contribution < 1.29 is 4.21 Å². The van der Waals surface area contributed by atoms with Gasteiger partial charge in [0.2, 0.25) is 0 Å². The topological polar surface area (TPSA) is 69.3 Å². The summed E-state index contributed by atoms with van der Waals surface area (Å²) in [7, 11) is -0.695. The number of para-hydroxylation sites is 1. The molecule has 3 N–H and O–H groups in total. The molecule has 5 nitrogen and oxygen atoms in total. The molecule has 0 saturated heterocycles. The zero-order valence-electron chi connectivity index (χ0n) is 16.9. The Morgan fingerprint density at radius 1 is 1.29 bits per heavy atom. The summed E-state index contributed by atoms with van der Waals surface area (Å²) in [4.78, 5) is 8.23. The third-order valence-corrected chi connectivity index (χ3v) is 6.95. The summed E-state index contributed by atoms with van der Waals surface area (Å²) in [5.41, 5.74) is 2.39. The first-order valence-corrected chi connectivity index (χ1v) is 11.6. The largest absolute Gasteiger partial charge is 0.358 e. The lowest BCUT2D eigenvalue weighted by atomic mass is 9.95. The summed E-state index contributed by atoms with van der Waals surface area (Å²) in [5.74, 6) is 1.64. The molecule has 7 heteroatoms. The SMILES string of the molecule is CCNC(=NCCc1cc2ccccc2[nH]1)NC1CCCC(S(=O)CC)C1.I. The quantitative estimate of drug-likeness (QED) is 0.297. The van der Waals surface area contributed by atoms with Gasteiger partial charge in [0, 0.05) is 58.6 Å². The average Bonchev–Trinajstić information content (AvgIpc) is 3.10. The van der Waals surface area contributed by atoms with Gasteiger partial charge < -0.3 is 15.6 Å². The van der Waals surface area contributed by atoms with E-state index in [9.17, 15) is 4.21 Å². The Labute approximate surface area is 188 Å². The lowest BCUT2D eigenvalue weighted by Gasteiger charge is -2.30. The number of halogens is 1. The van der Waals surface area contributed by atoms with Crippen molar-refractivity contribution in [2.24, 2.45) is 4.99 Å². The molecule has 0 radical (unpaired) electrons. The van der Waals surface area contributed by atoms with Crippen LogP contribution in [0.1, 0.15) is 45.2 Å². The van der Waals surface area contributed by atoms with Crippen LogP contribution in [0.3, 0.4) is 0 Å². The van der Waals surface area contributed by atoms with Crippen molar-refractivity contribution in [1.82, 2.24) is 15.6 Å². The first-order chi connectivity index (χ1) is 13.2. The molecule has 0 amide bonds. The van der Waals surface area contributed by atoms with E-state index in [0.717, 1.165) is 56.9 Å². The van der Waals surface area contributed by atoms with Gasteiger partial charge in [0.15, 0.2) is 5.96 Å². The number of aromatic nitrogens is 1. The molecule has 3 unspecified atom stereocenters. The van der Waals surface area contributed by atoms with Crippen LogP contribution in [-0.2, 0) is 17.2 Å². The maximum absolute atomic E-state index is 12.2. The number of hydrogen-bond acceptors (Lipinski definition) is 2. The zero-order valence-corrected chi connectivity index (χ0v) is 20.0. The highest BCUT2D eigenvalue weighted by Crippen LogP contribution is 2.23. The zero-order chi connectivity index (χ0) is 19.1. The summed E-state index contributed by atoms with van der Waals surface area (Å²) in [5, 5.41) is 8.50. The Bertz CT molecular complexity index is 759. The van der Waals surface area contributed by atoms with Gasteiger partial charge in [0.1, 0.15) is 0 Å². The minimum atomic E-state index is -0.695. The molecule has 3 atom stereocenters. The van der Waals surface area contributed by atoms with Gasteiger partial charge in [-0.15, -0.1) is 24.0 Å². The van der Waals surface area contributed by atoms with Crippen molar-refractivity contribution >= 4 is 51.6 Å². The van der Waals surface area contributed by atoms with Crippen LogP contribution in [0.25, 0.3) is 10.9 Å². The highest BCUT2D eigenvalue weighted by molar-refractivity contribution is 14.0. The second kappa shape index (κ2) is 11.8. The highest BCUT2D eigenvalue weighted by Gasteiger charge is 2.25. The van der Waals surface area contributed by atoms with E-state index in [2.05, 4.69) is 52.9 Å². The van der Waals surface area contributed by atoms with E-state index in [1.54, 1.807) is 0 Å². The maximum atomic E-state index is 12.2. The molecule has 1 aromatic carbocycles. The number of aromatic amines is 1. The van der Waals surface area contributed by atoms with Crippen LogP contribution in [0.2, 0.25) is 0 Å². The van der Waals surface area contributed by atoms with Gasteiger partial charge in [0.25, 0.3) is 0 Å². The molecule has 2 aromatic rings. The fourth-order valence-corrected chi connectivity index (χ4v) is 5.17. The molecule has 0 bridgehead atoms. The van der Waals surface area contributed by atoms with E-state index in [1.807, 2.05) is 6.92 Å². The number of aliphatic imine (C=N–C) groups is 1. The van der Waals surface area contributed by atoms with E-state index in [4.69, 9.17) is 4.99 Å². The van der Waals surface area contributed by atoms with Gasteiger partial charge in [-0.25, -0.2) is 0 Å². The predicted octanol–water partition coefficient (Wildman–Crippen LogP) is 3.96. The molecule has 28 heavy (non-hydrogen) atoms. The molecule has 1 fully saturated rings. The van der Waals surface area contributed by atoms with Crippen LogP contribution < -0.4 is 10.6 Å². The van der Waals surface area contributed by atoms with Crippen LogP contribution in [0.15, 0.2) is 35.3 Å². The van der Waals surface area contributed by atoms with Crippen molar-refractivity contribution in [3.05, 3.63) is 36.0 Å². The molecule has 1 saturated carbocycles. The highest BCUT2D eigenvalue weighted by atomic mass is 127. The minimum Gasteiger partial charge on any atom is -0.358 e. The number of nitrogens with one attached hydrogen (secondary N) is 3. The lowest BCUT2D eigenvalue weighted by molar-refractivity contribution is 0.413. The minimum absolute atomic E-state index is 0. The Hall–Kier alpha value is -1.09. The number of benzene rings is 1. The molecule has 3 rings (SSSR count). The summed E-state index contributed by atoms with van der Waals surface area (Å²) >= 11 is 0. The number of rotatable bonds is 7. The molecule has 1 aromatic heterocycles. The van der Waals surface area contributed by atoms with Gasteiger partial charge >= 0.3 is 0 Å². The number of hydrogen-bond donors (Lipinski definition) is 3. The van der Waals surface area contributed by atoms with E-state index in [0.29, 0.717) is 11.3 Å². The van der Waals surface area contributed by atoms with Crippen LogP contribution in [0, 0.1) is 0 Å². The van der Waals surface area contributed by atoms with E-state index >= 15 is 0 Å². The van der Waals surface area contributed by atoms with Crippen molar-refractivity contribution in [3.8, 4) is 0 Å². The number of H-pyrrole nitrogens is 1. The Morgan fingerprint density at radius 2 is 2.11 bits per heavy atom. The second-order valence-corrected chi connectivity index (χ2v) is 9.20. The Kier molecular flexibility index (Phi) is 9.77. The van der Waals surface area contributed by atoms with Gasteiger partial charge in [-0.1, -0.05) is 31.5 Å². The standard InChI is InChI=1S/C21H32N4OS.HI/c1-3-22-21(25-17-9-7-10-19(15-17)27(26)4-2)23-13-12-18-14-16-8-5-6-11-20(16)24-18;/h5-6,8,11,14,17,19,24H,3-4,7,9-10,12-13,15H2,1-2H3,(H2,22,23,25);1H. The Balaban J connectivity index is 0.00000280. The summed E-state index contributed by atoms with van der Waals surface area (Å²) in [6.07, 6.45) is 5.23. The van der Waals surface area contributed by atoms with Gasteiger partial charge in [-0.3, -0.25) is 9.20 Å². The first-order valence-electron chi connectivity index (χ1n) is 10.2. The van der Waals surface area contributed by atoms with Crippen LogP contribution in [-0.4, -0.2) is 45.3 Å². The average molecular weight is 516 g/mol.